The number of carbonyl (C=O) groups excluding carboxylic acids is 2. The highest BCUT2D eigenvalue weighted by Gasteiger charge is 2.42. The first-order chi connectivity index (χ1) is 14.1. The molecule has 1 saturated heterocycles. The van der Waals surface area contributed by atoms with E-state index in [1.54, 1.807) is 12.1 Å². The van der Waals surface area contributed by atoms with Crippen LogP contribution < -0.4 is 14.8 Å². The van der Waals surface area contributed by atoms with E-state index in [4.69, 9.17) is 15.0 Å². The van der Waals surface area contributed by atoms with Crippen LogP contribution in [0, 0.1) is 0 Å². The van der Waals surface area contributed by atoms with Gasteiger partial charge in [-0.25, -0.2) is 0 Å². The molecule has 0 radical (unpaired) electrons. The highest BCUT2D eigenvalue weighted by Crippen LogP contribution is 2.38. The zero-order valence-corrected chi connectivity index (χ0v) is 15.7. The Labute approximate surface area is 166 Å². The van der Waals surface area contributed by atoms with Crippen molar-refractivity contribution in [1.82, 2.24) is 4.90 Å². The van der Waals surface area contributed by atoms with Gasteiger partial charge in [0.2, 0.25) is 5.91 Å². The van der Waals surface area contributed by atoms with Gasteiger partial charge in [0.15, 0.2) is 11.5 Å². The van der Waals surface area contributed by atoms with Crippen molar-refractivity contribution in [1.29, 1.82) is 0 Å². The Morgan fingerprint density at radius 3 is 2.76 bits per heavy atom. The quantitative estimate of drug-likeness (QED) is 0.477. The molecule has 0 spiro atoms. The second kappa shape index (κ2) is 7.73. The second-order valence-corrected chi connectivity index (χ2v) is 6.88. The number of fused-ring (bicyclic) bond motifs is 2. The first-order valence-corrected chi connectivity index (χ1v) is 9.15. The molecule has 2 aromatic carbocycles. The van der Waals surface area contributed by atoms with Crippen molar-refractivity contribution in [2.24, 2.45) is 5.11 Å². The van der Waals surface area contributed by atoms with E-state index >= 15 is 0 Å². The average molecular weight is 393 g/mol. The minimum absolute atomic E-state index is 0.203. The summed E-state index contributed by atoms with van der Waals surface area (Å²) in [5.74, 6) is 0.197. The fourth-order valence-electron chi connectivity index (χ4n) is 3.66. The first kappa shape index (κ1) is 18.6. The normalized spacial score (nSPS) is 20.1. The summed E-state index contributed by atoms with van der Waals surface area (Å²) in [5.41, 5.74) is 10.3. The maximum Gasteiger partial charge on any atom is 0.256 e. The Morgan fingerprint density at radius 2 is 2.03 bits per heavy atom. The van der Waals surface area contributed by atoms with Gasteiger partial charge in [-0.05, 0) is 23.6 Å². The average Bonchev–Trinajstić information content (AvgIpc) is 3.13. The maximum atomic E-state index is 13.1. The Hall–Kier alpha value is -3.71. The van der Waals surface area contributed by atoms with Crippen molar-refractivity contribution in [2.75, 3.05) is 19.0 Å². The number of methoxy groups -OCH3 is 1. The summed E-state index contributed by atoms with van der Waals surface area (Å²) in [6.45, 7) is 0.523. The summed E-state index contributed by atoms with van der Waals surface area (Å²) in [4.78, 5) is 30.0. The molecule has 2 aliphatic rings. The van der Waals surface area contributed by atoms with Crippen LogP contribution in [0.1, 0.15) is 22.3 Å². The SMILES string of the molecule is COc1cc2c(cc1OCc1ccccc1)NC(=O)[C@@H]1C[C@H](N=[N+]=[N-])CN1C2=O. The standard InChI is InChI=1S/C20H19N5O4/c1-28-17-8-14-15(9-18(17)29-11-12-5-3-2-4-6-12)22-19(26)16-7-13(23-24-21)10-25(16)20(14)27/h2-6,8-9,13,16H,7,10-11H2,1H3,(H,22,26)/t13-,16-/m0/s1. The van der Waals surface area contributed by atoms with Crippen LogP contribution >= 0.6 is 0 Å². The summed E-state index contributed by atoms with van der Waals surface area (Å²) in [6.07, 6.45) is 0.296. The molecular formula is C20H19N5O4. The van der Waals surface area contributed by atoms with Gasteiger partial charge in [-0.15, -0.1) is 0 Å². The number of benzene rings is 2. The summed E-state index contributed by atoms with van der Waals surface area (Å²) < 4.78 is 11.3. The molecule has 9 nitrogen and oxygen atoms in total. The summed E-state index contributed by atoms with van der Waals surface area (Å²) in [7, 11) is 1.49. The van der Waals surface area contributed by atoms with E-state index in [2.05, 4.69) is 15.3 Å². The summed E-state index contributed by atoms with van der Waals surface area (Å²) in [6, 6.07) is 11.7. The molecule has 9 heteroatoms. The third-order valence-electron chi connectivity index (χ3n) is 5.09. The Kier molecular flexibility index (Phi) is 4.97. The molecule has 2 aliphatic heterocycles. The molecule has 2 amide bonds. The molecule has 4 rings (SSSR count). The van der Waals surface area contributed by atoms with Crippen molar-refractivity contribution in [2.45, 2.75) is 25.1 Å². The maximum absolute atomic E-state index is 13.1. The van der Waals surface area contributed by atoms with Crippen LogP contribution in [0.2, 0.25) is 0 Å². The molecule has 2 aromatic rings. The lowest BCUT2D eigenvalue weighted by molar-refractivity contribution is -0.119. The molecule has 2 heterocycles. The summed E-state index contributed by atoms with van der Waals surface area (Å²) >= 11 is 0. The highest BCUT2D eigenvalue weighted by molar-refractivity contribution is 6.10. The second-order valence-electron chi connectivity index (χ2n) is 6.88. The number of azide groups is 1. The Balaban J connectivity index is 1.65. The molecule has 2 atom stereocenters. The molecule has 148 valence electrons. The molecular weight excluding hydrogens is 374 g/mol. The largest absolute Gasteiger partial charge is 0.493 e. The Morgan fingerprint density at radius 1 is 1.24 bits per heavy atom. The van der Waals surface area contributed by atoms with E-state index in [0.29, 0.717) is 35.8 Å². The fraction of sp³-hybridized carbons (Fsp3) is 0.300. The van der Waals surface area contributed by atoms with E-state index < -0.39 is 12.1 Å². The van der Waals surface area contributed by atoms with Crippen LogP contribution in [0.5, 0.6) is 11.5 Å². The van der Waals surface area contributed by atoms with Crippen molar-refractivity contribution < 1.29 is 19.1 Å². The minimum Gasteiger partial charge on any atom is -0.493 e. The lowest BCUT2D eigenvalue weighted by Crippen LogP contribution is -2.40. The van der Waals surface area contributed by atoms with E-state index in [-0.39, 0.29) is 18.4 Å². The Bertz CT molecular complexity index is 1000. The van der Waals surface area contributed by atoms with E-state index in [0.717, 1.165) is 5.56 Å². The predicted octanol–water partition coefficient (Wildman–Crippen LogP) is 3.12. The van der Waals surface area contributed by atoms with E-state index in [1.165, 1.54) is 12.0 Å². The van der Waals surface area contributed by atoms with Gasteiger partial charge in [0, 0.05) is 17.5 Å². The van der Waals surface area contributed by atoms with Crippen molar-refractivity contribution in [3.8, 4) is 11.5 Å². The van der Waals surface area contributed by atoms with Gasteiger partial charge in [0.1, 0.15) is 12.6 Å². The van der Waals surface area contributed by atoms with Crippen molar-refractivity contribution in [3.05, 3.63) is 64.0 Å². The van der Waals surface area contributed by atoms with Crippen molar-refractivity contribution >= 4 is 17.5 Å². The molecule has 0 aliphatic carbocycles. The third-order valence-corrected chi connectivity index (χ3v) is 5.09. The van der Waals surface area contributed by atoms with Gasteiger partial charge in [-0.3, -0.25) is 9.59 Å². The van der Waals surface area contributed by atoms with Gasteiger partial charge in [0.05, 0.1) is 24.4 Å². The van der Waals surface area contributed by atoms with E-state index in [1.807, 2.05) is 30.3 Å². The monoisotopic (exact) mass is 393 g/mol. The number of hydrogen-bond donors (Lipinski definition) is 1. The number of ether oxygens (including phenoxy) is 2. The zero-order chi connectivity index (χ0) is 20.4. The van der Waals surface area contributed by atoms with Crippen LogP contribution in [-0.2, 0) is 11.4 Å². The van der Waals surface area contributed by atoms with Crippen LogP contribution in [0.25, 0.3) is 10.4 Å². The number of anilines is 1. The molecule has 29 heavy (non-hydrogen) atoms. The van der Waals surface area contributed by atoms with Crippen molar-refractivity contribution in [3.63, 3.8) is 0 Å². The number of carbonyl (C=O) groups is 2. The molecule has 0 bridgehead atoms. The predicted molar refractivity (Wildman–Crippen MR) is 105 cm³/mol. The van der Waals surface area contributed by atoms with Gasteiger partial charge in [-0.1, -0.05) is 35.4 Å². The minimum atomic E-state index is -0.676. The first-order valence-electron chi connectivity index (χ1n) is 9.15. The molecule has 1 fully saturated rings. The third kappa shape index (κ3) is 3.55. The smallest absolute Gasteiger partial charge is 0.256 e. The van der Waals surface area contributed by atoms with Crippen LogP contribution in [0.4, 0.5) is 5.69 Å². The molecule has 0 aromatic heterocycles. The lowest BCUT2D eigenvalue weighted by atomic mass is 10.1. The zero-order valence-electron chi connectivity index (χ0n) is 15.7. The van der Waals surface area contributed by atoms with Gasteiger partial charge in [0.25, 0.3) is 5.91 Å². The molecule has 0 saturated carbocycles. The van der Waals surface area contributed by atoms with Gasteiger partial charge < -0.3 is 19.7 Å². The van der Waals surface area contributed by atoms with Crippen LogP contribution in [0.15, 0.2) is 47.6 Å². The number of nitrogens with zero attached hydrogens (tertiary/aromatic N) is 4. The number of rotatable bonds is 5. The van der Waals surface area contributed by atoms with Crippen LogP contribution in [0.3, 0.4) is 0 Å². The molecule has 1 N–H and O–H groups in total. The van der Waals surface area contributed by atoms with Gasteiger partial charge >= 0.3 is 0 Å². The molecule has 0 unspecified atom stereocenters. The van der Waals surface area contributed by atoms with Crippen LogP contribution in [-0.4, -0.2) is 42.5 Å². The van der Waals surface area contributed by atoms with E-state index in [9.17, 15) is 9.59 Å². The topological polar surface area (TPSA) is 117 Å². The fourth-order valence-corrected chi connectivity index (χ4v) is 3.66. The van der Waals surface area contributed by atoms with Gasteiger partial charge in [-0.2, -0.15) is 0 Å². The number of nitrogens with one attached hydrogen (secondary N) is 1. The number of amides is 2. The number of hydrogen-bond acceptors (Lipinski definition) is 5. The summed E-state index contributed by atoms with van der Waals surface area (Å²) in [5, 5.41) is 6.47. The highest BCUT2D eigenvalue weighted by atomic mass is 16.5. The lowest BCUT2D eigenvalue weighted by Gasteiger charge is -2.20.